The molecular weight excluding hydrogens is 311 g/mol. The molecule has 0 atom stereocenters. The first-order valence-electron chi connectivity index (χ1n) is 6.13. The molecule has 1 heterocycles. The maximum absolute atomic E-state index is 9.94. The normalized spacial score (nSPS) is 10.8. The number of aryl methyl sites for hydroxylation is 1. The number of rotatable bonds is 2. The average molecular weight is 321 g/mol. The summed E-state index contributed by atoms with van der Waals surface area (Å²) in [6.07, 6.45) is 0. The van der Waals surface area contributed by atoms with Gasteiger partial charge in [-0.2, -0.15) is 4.98 Å². The lowest BCUT2D eigenvalue weighted by molar-refractivity contribution is 0.425. The summed E-state index contributed by atoms with van der Waals surface area (Å²) in [4.78, 5) is 4.27. The van der Waals surface area contributed by atoms with Crippen LogP contribution in [0.3, 0.4) is 0 Å². The van der Waals surface area contributed by atoms with E-state index in [2.05, 4.69) is 10.1 Å². The van der Waals surface area contributed by atoms with E-state index < -0.39 is 0 Å². The number of aromatic nitrogens is 2. The first-order chi connectivity index (χ1) is 10.0. The lowest BCUT2D eigenvalue weighted by Gasteiger charge is -2.00. The van der Waals surface area contributed by atoms with E-state index in [1.54, 1.807) is 30.3 Å². The van der Waals surface area contributed by atoms with Crippen LogP contribution in [0.25, 0.3) is 22.8 Å². The van der Waals surface area contributed by atoms with Crippen molar-refractivity contribution in [3.8, 4) is 28.6 Å². The fourth-order valence-electron chi connectivity index (χ4n) is 1.96. The first-order valence-corrected chi connectivity index (χ1v) is 6.89. The SMILES string of the molecule is Cc1ccc(-c2nc(-c3cc(Cl)cc(Cl)c3)no2)c(O)c1. The predicted molar refractivity (Wildman–Crippen MR) is 81.6 cm³/mol. The highest BCUT2D eigenvalue weighted by Crippen LogP contribution is 2.31. The van der Waals surface area contributed by atoms with Crippen molar-refractivity contribution >= 4 is 23.2 Å². The molecule has 0 bridgehead atoms. The number of halogens is 2. The molecule has 0 fully saturated rings. The quantitative estimate of drug-likeness (QED) is 0.741. The van der Waals surface area contributed by atoms with E-state index in [-0.39, 0.29) is 11.6 Å². The molecule has 0 aliphatic heterocycles. The maximum atomic E-state index is 9.94. The Kier molecular flexibility index (Phi) is 3.57. The van der Waals surface area contributed by atoms with Crippen LogP contribution in [-0.2, 0) is 0 Å². The number of nitrogens with zero attached hydrogens (tertiary/aromatic N) is 2. The molecule has 0 radical (unpaired) electrons. The maximum Gasteiger partial charge on any atom is 0.261 e. The third-order valence-electron chi connectivity index (χ3n) is 2.93. The third kappa shape index (κ3) is 2.86. The topological polar surface area (TPSA) is 59.2 Å². The zero-order valence-corrected chi connectivity index (χ0v) is 12.5. The highest BCUT2D eigenvalue weighted by atomic mass is 35.5. The van der Waals surface area contributed by atoms with Crippen LogP contribution in [0, 0.1) is 6.92 Å². The zero-order valence-electron chi connectivity index (χ0n) is 11.0. The number of phenolic OH excluding ortho intramolecular Hbond substituents is 1. The Morgan fingerprint density at radius 2 is 1.76 bits per heavy atom. The molecule has 1 aromatic heterocycles. The summed E-state index contributed by atoms with van der Waals surface area (Å²) < 4.78 is 5.20. The fourth-order valence-corrected chi connectivity index (χ4v) is 2.48. The number of aromatic hydroxyl groups is 1. The molecule has 0 aliphatic carbocycles. The minimum atomic E-state index is 0.0920. The summed E-state index contributed by atoms with van der Waals surface area (Å²) in [5.41, 5.74) is 2.07. The van der Waals surface area contributed by atoms with Crippen molar-refractivity contribution < 1.29 is 9.63 Å². The summed E-state index contributed by atoms with van der Waals surface area (Å²) in [5.74, 6) is 0.683. The van der Waals surface area contributed by atoms with Gasteiger partial charge in [-0.25, -0.2) is 0 Å². The van der Waals surface area contributed by atoms with E-state index in [1.165, 1.54) is 0 Å². The minimum absolute atomic E-state index is 0.0920. The monoisotopic (exact) mass is 320 g/mol. The van der Waals surface area contributed by atoms with Crippen LogP contribution in [0.1, 0.15) is 5.56 Å². The summed E-state index contributed by atoms with van der Waals surface area (Å²) in [7, 11) is 0. The first kappa shape index (κ1) is 13.9. The number of hydrogen-bond acceptors (Lipinski definition) is 4. The smallest absolute Gasteiger partial charge is 0.261 e. The van der Waals surface area contributed by atoms with E-state index in [4.69, 9.17) is 27.7 Å². The molecule has 1 N–H and O–H groups in total. The van der Waals surface area contributed by atoms with Crippen LogP contribution in [0.5, 0.6) is 5.75 Å². The summed E-state index contributed by atoms with van der Waals surface area (Å²) in [6, 6.07) is 10.2. The highest BCUT2D eigenvalue weighted by Gasteiger charge is 2.14. The lowest BCUT2D eigenvalue weighted by Crippen LogP contribution is -1.83. The lowest BCUT2D eigenvalue weighted by atomic mass is 10.1. The molecule has 3 rings (SSSR count). The van der Waals surface area contributed by atoms with Gasteiger partial charge in [-0.1, -0.05) is 34.4 Å². The van der Waals surface area contributed by atoms with E-state index in [0.29, 0.717) is 27.0 Å². The molecule has 3 aromatic rings. The summed E-state index contributed by atoms with van der Waals surface area (Å²) in [5, 5.41) is 14.8. The van der Waals surface area contributed by atoms with Gasteiger partial charge in [-0.3, -0.25) is 0 Å². The predicted octanol–water partition coefficient (Wildman–Crippen LogP) is 4.72. The molecule has 6 heteroatoms. The second kappa shape index (κ2) is 5.39. The zero-order chi connectivity index (χ0) is 15.0. The Labute approximate surface area is 130 Å². The Bertz CT molecular complexity index is 795. The molecule has 106 valence electrons. The van der Waals surface area contributed by atoms with Crippen LogP contribution in [0.2, 0.25) is 10.0 Å². The molecule has 21 heavy (non-hydrogen) atoms. The van der Waals surface area contributed by atoms with Crippen molar-refractivity contribution in [2.75, 3.05) is 0 Å². The molecule has 0 aliphatic rings. The Hall–Kier alpha value is -2.04. The standard InChI is InChI=1S/C15H10Cl2N2O2/c1-8-2-3-12(13(20)4-8)15-18-14(19-21-15)9-5-10(16)7-11(17)6-9/h2-7,20H,1H3. The molecule has 0 spiro atoms. The van der Waals surface area contributed by atoms with Crippen molar-refractivity contribution in [2.24, 2.45) is 0 Å². The van der Waals surface area contributed by atoms with Gasteiger partial charge in [0, 0.05) is 15.6 Å². The number of benzene rings is 2. The largest absolute Gasteiger partial charge is 0.507 e. The molecule has 0 unspecified atom stereocenters. The van der Waals surface area contributed by atoms with Gasteiger partial charge in [-0.15, -0.1) is 0 Å². The average Bonchev–Trinajstić information content (AvgIpc) is 2.87. The molecule has 4 nitrogen and oxygen atoms in total. The summed E-state index contributed by atoms with van der Waals surface area (Å²) in [6.45, 7) is 1.89. The van der Waals surface area contributed by atoms with Crippen molar-refractivity contribution in [1.29, 1.82) is 0 Å². The van der Waals surface area contributed by atoms with Gasteiger partial charge in [0.2, 0.25) is 5.82 Å². The molecule has 0 saturated carbocycles. The number of phenols is 1. The van der Waals surface area contributed by atoms with Crippen molar-refractivity contribution in [1.82, 2.24) is 10.1 Å². The van der Waals surface area contributed by atoms with Gasteiger partial charge in [0.15, 0.2) is 0 Å². The van der Waals surface area contributed by atoms with Crippen molar-refractivity contribution in [2.45, 2.75) is 6.92 Å². The summed E-state index contributed by atoms with van der Waals surface area (Å²) >= 11 is 11.9. The van der Waals surface area contributed by atoms with E-state index in [0.717, 1.165) is 5.56 Å². The van der Waals surface area contributed by atoms with Crippen LogP contribution in [0.15, 0.2) is 40.9 Å². The van der Waals surface area contributed by atoms with E-state index in [9.17, 15) is 5.11 Å². The Morgan fingerprint density at radius 3 is 2.43 bits per heavy atom. The van der Waals surface area contributed by atoms with Gasteiger partial charge in [0.25, 0.3) is 5.89 Å². The Balaban J connectivity index is 2.03. The van der Waals surface area contributed by atoms with Crippen LogP contribution >= 0.6 is 23.2 Å². The van der Waals surface area contributed by atoms with Gasteiger partial charge in [0.1, 0.15) is 5.75 Å². The third-order valence-corrected chi connectivity index (χ3v) is 3.37. The van der Waals surface area contributed by atoms with Crippen molar-refractivity contribution in [3.05, 3.63) is 52.0 Å². The Morgan fingerprint density at radius 1 is 1.05 bits per heavy atom. The van der Waals surface area contributed by atoms with Crippen LogP contribution < -0.4 is 0 Å². The van der Waals surface area contributed by atoms with Crippen molar-refractivity contribution in [3.63, 3.8) is 0 Å². The minimum Gasteiger partial charge on any atom is -0.507 e. The second-order valence-corrected chi connectivity index (χ2v) is 5.47. The van der Waals surface area contributed by atoms with E-state index in [1.807, 2.05) is 13.0 Å². The molecule has 2 aromatic carbocycles. The van der Waals surface area contributed by atoms with E-state index >= 15 is 0 Å². The molecule has 0 amide bonds. The fraction of sp³-hybridized carbons (Fsp3) is 0.0667. The molecular formula is C15H10Cl2N2O2. The van der Waals surface area contributed by atoms with Gasteiger partial charge in [-0.05, 0) is 42.8 Å². The van der Waals surface area contributed by atoms with Gasteiger partial charge in [0.05, 0.1) is 5.56 Å². The van der Waals surface area contributed by atoms with Gasteiger partial charge >= 0.3 is 0 Å². The van der Waals surface area contributed by atoms with Crippen LogP contribution in [0.4, 0.5) is 0 Å². The second-order valence-electron chi connectivity index (χ2n) is 4.60. The number of hydrogen-bond donors (Lipinski definition) is 1. The van der Waals surface area contributed by atoms with Gasteiger partial charge < -0.3 is 9.63 Å². The molecule has 0 saturated heterocycles. The van der Waals surface area contributed by atoms with Crippen LogP contribution in [-0.4, -0.2) is 15.2 Å². The highest BCUT2D eigenvalue weighted by molar-refractivity contribution is 6.35.